The molecule has 1 aromatic rings. The first-order valence-corrected chi connectivity index (χ1v) is 9.64. The minimum atomic E-state index is -3.65. The highest BCUT2D eigenvalue weighted by Gasteiger charge is 2.24. The van der Waals surface area contributed by atoms with E-state index >= 15 is 0 Å². The number of carbonyl (C=O) groups excluding carboxylic acids is 1. The summed E-state index contributed by atoms with van der Waals surface area (Å²) in [5, 5.41) is 2.74. The van der Waals surface area contributed by atoms with Gasteiger partial charge in [-0.2, -0.15) is 0 Å². The zero-order valence-corrected chi connectivity index (χ0v) is 15.5. The fourth-order valence-corrected chi connectivity index (χ4v) is 3.02. The van der Waals surface area contributed by atoms with Crippen molar-refractivity contribution in [2.24, 2.45) is 0 Å². The van der Waals surface area contributed by atoms with Gasteiger partial charge in [-0.25, -0.2) is 8.42 Å². The number of anilines is 1. The van der Waals surface area contributed by atoms with Crippen molar-refractivity contribution in [3.63, 3.8) is 0 Å². The molecular formula is C16H26N2O5S. The Morgan fingerprint density at radius 2 is 1.92 bits per heavy atom. The summed E-state index contributed by atoms with van der Waals surface area (Å²) in [7, 11) is -0.708. The highest BCUT2D eigenvalue weighted by atomic mass is 32.2. The van der Waals surface area contributed by atoms with Gasteiger partial charge in [0, 0.05) is 12.6 Å². The molecule has 1 amide bonds. The second kappa shape index (κ2) is 9.36. The summed E-state index contributed by atoms with van der Waals surface area (Å²) < 4.78 is 35.6. The van der Waals surface area contributed by atoms with Crippen LogP contribution in [-0.2, 0) is 14.8 Å². The molecule has 0 spiro atoms. The molecular weight excluding hydrogens is 332 g/mol. The quantitative estimate of drug-likeness (QED) is 0.645. The largest absolute Gasteiger partial charge is 0.497 e. The molecule has 0 aliphatic heterocycles. The first-order chi connectivity index (χ1) is 11.3. The van der Waals surface area contributed by atoms with Crippen LogP contribution < -0.4 is 19.1 Å². The van der Waals surface area contributed by atoms with Gasteiger partial charge in [0.15, 0.2) is 0 Å². The number of hydrogen-bond donors (Lipinski definition) is 1. The molecule has 0 aromatic heterocycles. The summed E-state index contributed by atoms with van der Waals surface area (Å²) in [4.78, 5) is 12.1. The minimum absolute atomic E-state index is 0.296. The Labute approximate surface area is 144 Å². The second-order valence-electron chi connectivity index (χ2n) is 5.36. The van der Waals surface area contributed by atoms with Crippen molar-refractivity contribution in [2.45, 2.75) is 26.2 Å². The van der Waals surface area contributed by atoms with Crippen LogP contribution in [0.2, 0.25) is 0 Å². The fourth-order valence-electron chi connectivity index (χ4n) is 2.16. The van der Waals surface area contributed by atoms with E-state index in [1.165, 1.54) is 14.2 Å². The molecule has 0 radical (unpaired) electrons. The number of benzene rings is 1. The van der Waals surface area contributed by atoms with Gasteiger partial charge in [0.05, 0.1) is 26.2 Å². The van der Waals surface area contributed by atoms with Crippen LogP contribution in [0.3, 0.4) is 0 Å². The van der Waals surface area contributed by atoms with Crippen LogP contribution in [0.1, 0.15) is 26.2 Å². The number of nitrogens with one attached hydrogen (secondary N) is 1. The molecule has 0 aliphatic rings. The molecule has 0 fully saturated rings. The van der Waals surface area contributed by atoms with Crippen LogP contribution in [0.15, 0.2) is 18.2 Å². The molecule has 7 nitrogen and oxygen atoms in total. The monoisotopic (exact) mass is 358 g/mol. The summed E-state index contributed by atoms with van der Waals surface area (Å²) in [5.74, 6) is 0.501. The van der Waals surface area contributed by atoms with Gasteiger partial charge in [0.25, 0.3) is 0 Å². The predicted octanol–water partition coefficient (Wildman–Crippen LogP) is 1.78. The van der Waals surface area contributed by atoms with E-state index in [1.54, 1.807) is 18.2 Å². The number of nitrogens with zero attached hydrogens (tertiary/aromatic N) is 1. The Bertz CT molecular complexity index is 646. The summed E-state index contributed by atoms with van der Waals surface area (Å²) in [6, 6.07) is 4.75. The summed E-state index contributed by atoms with van der Waals surface area (Å²) in [6.07, 6.45) is 3.99. The third-order valence-corrected chi connectivity index (χ3v) is 4.57. The fraction of sp³-hybridized carbons (Fsp3) is 0.562. The summed E-state index contributed by atoms with van der Waals surface area (Å²) in [6.45, 7) is 2.31. The van der Waals surface area contributed by atoms with Crippen molar-refractivity contribution in [3.8, 4) is 11.5 Å². The molecule has 0 heterocycles. The van der Waals surface area contributed by atoms with Gasteiger partial charge in [-0.15, -0.1) is 0 Å². The lowest BCUT2D eigenvalue weighted by Crippen LogP contribution is -2.40. The SMILES string of the molecule is CCCCCNC(=O)CN(c1ccc(OC)cc1OC)S(C)(=O)=O. The number of ether oxygens (including phenoxy) is 2. The lowest BCUT2D eigenvalue weighted by molar-refractivity contribution is -0.119. The molecule has 0 unspecified atom stereocenters. The standard InChI is InChI=1S/C16H26N2O5S/c1-5-6-7-10-17-16(19)12-18(24(4,20)21)14-9-8-13(22-2)11-15(14)23-3/h8-9,11H,5-7,10,12H2,1-4H3,(H,17,19). The van der Waals surface area contributed by atoms with Crippen molar-refractivity contribution in [3.05, 3.63) is 18.2 Å². The molecule has 0 saturated carbocycles. The van der Waals surface area contributed by atoms with Crippen LogP contribution in [0.4, 0.5) is 5.69 Å². The maximum atomic E-state index is 12.1. The number of sulfonamides is 1. The summed E-state index contributed by atoms with van der Waals surface area (Å²) in [5.41, 5.74) is 0.296. The Morgan fingerprint density at radius 3 is 2.46 bits per heavy atom. The normalized spacial score (nSPS) is 11.0. The van der Waals surface area contributed by atoms with Crippen LogP contribution >= 0.6 is 0 Å². The van der Waals surface area contributed by atoms with Gasteiger partial charge < -0.3 is 14.8 Å². The van der Waals surface area contributed by atoms with Gasteiger partial charge in [0.2, 0.25) is 15.9 Å². The van der Waals surface area contributed by atoms with Crippen molar-refractivity contribution in [1.29, 1.82) is 0 Å². The molecule has 0 bridgehead atoms. The maximum absolute atomic E-state index is 12.1. The van der Waals surface area contributed by atoms with Gasteiger partial charge >= 0.3 is 0 Å². The van der Waals surface area contributed by atoms with E-state index in [0.29, 0.717) is 23.7 Å². The van der Waals surface area contributed by atoms with Crippen LogP contribution in [-0.4, -0.2) is 47.9 Å². The van der Waals surface area contributed by atoms with E-state index < -0.39 is 10.0 Å². The van der Waals surface area contributed by atoms with Gasteiger partial charge in [-0.1, -0.05) is 19.8 Å². The number of unbranched alkanes of at least 4 members (excludes halogenated alkanes) is 2. The van der Waals surface area contributed by atoms with Gasteiger partial charge in [-0.05, 0) is 18.6 Å². The third kappa shape index (κ3) is 5.92. The van der Waals surface area contributed by atoms with E-state index in [9.17, 15) is 13.2 Å². The van der Waals surface area contributed by atoms with Crippen molar-refractivity contribution >= 4 is 21.6 Å². The zero-order chi connectivity index (χ0) is 18.2. The Morgan fingerprint density at radius 1 is 1.21 bits per heavy atom. The molecule has 0 atom stereocenters. The molecule has 1 N–H and O–H groups in total. The maximum Gasteiger partial charge on any atom is 0.240 e. The molecule has 8 heteroatoms. The highest BCUT2D eigenvalue weighted by Crippen LogP contribution is 2.33. The van der Waals surface area contributed by atoms with E-state index in [1.807, 2.05) is 0 Å². The van der Waals surface area contributed by atoms with Gasteiger partial charge in [0.1, 0.15) is 18.0 Å². The average Bonchev–Trinajstić information content (AvgIpc) is 2.55. The van der Waals surface area contributed by atoms with Crippen molar-refractivity contribution in [2.75, 3.05) is 37.9 Å². The van der Waals surface area contributed by atoms with E-state index in [4.69, 9.17) is 9.47 Å². The number of hydrogen-bond acceptors (Lipinski definition) is 5. The molecule has 24 heavy (non-hydrogen) atoms. The van der Waals surface area contributed by atoms with Crippen LogP contribution in [0.25, 0.3) is 0 Å². The summed E-state index contributed by atoms with van der Waals surface area (Å²) >= 11 is 0. The first kappa shape index (κ1) is 20.1. The van der Waals surface area contributed by atoms with Crippen LogP contribution in [0, 0.1) is 0 Å². The zero-order valence-electron chi connectivity index (χ0n) is 14.7. The van der Waals surface area contributed by atoms with E-state index in [-0.39, 0.29) is 12.5 Å². The predicted molar refractivity (Wildman–Crippen MR) is 94.3 cm³/mol. The average molecular weight is 358 g/mol. The minimum Gasteiger partial charge on any atom is -0.497 e. The van der Waals surface area contributed by atoms with E-state index in [0.717, 1.165) is 29.8 Å². The Hall–Kier alpha value is -1.96. The number of rotatable bonds is 10. The number of carbonyl (C=O) groups is 1. The molecule has 1 aromatic carbocycles. The lowest BCUT2D eigenvalue weighted by Gasteiger charge is -2.24. The molecule has 0 saturated heterocycles. The first-order valence-electron chi connectivity index (χ1n) is 7.80. The Kier molecular flexibility index (Phi) is 7.84. The topological polar surface area (TPSA) is 84.9 Å². The second-order valence-corrected chi connectivity index (χ2v) is 7.27. The van der Waals surface area contributed by atoms with E-state index in [2.05, 4.69) is 12.2 Å². The smallest absolute Gasteiger partial charge is 0.240 e. The molecule has 1 rings (SSSR count). The highest BCUT2D eigenvalue weighted by molar-refractivity contribution is 7.92. The number of methoxy groups -OCH3 is 2. The Balaban J connectivity index is 2.97. The lowest BCUT2D eigenvalue weighted by atomic mass is 10.2. The van der Waals surface area contributed by atoms with Crippen LogP contribution in [0.5, 0.6) is 11.5 Å². The molecule has 0 aliphatic carbocycles. The van der Waals surface area contributed by atoms with Crippen molar-refractivity contribution in [1.82, 2.24) is 5.32 Å². The third-order valence-electron chi connectivity index (χ3n) is 3.45. The number of amides is 1. The van der Waals surface area contributed by atoms with Crippen molar-refractivity contribution < 1.29 is 22.7 Å². The molecule has 136 valence electrons. The van der Waals surface area contributed by atoms with Gasteiger partial charge in [-0.3, -0.25) is 9.10 Å².